The molecule has 3 aromatic rings. The van der Waals surface area contributed by atoms with E-state index in [1.165, 1.54) is 88.6 Å². The van der Waals surface area contributed by atoms with Crippen molar-refractivity contribution in [2.24, 2.45) is 23.7 Å². The van der Waals surface area contributed by atoms with Gasteiger partial charge in [0.05, 0.1) is 0 Å². The minimum atomic E-state index is -4.73. The average Bonchev–Trinajstić information content (AvgIpc) is 3.63. The number of fused-ring (bicyclic) bond motifs is 2. The van der Waals surface area contributed by atoms with Gasteiger partial charge in [-0.25, -0.2) is 0 Å². The van der Waals surface area contributed by atoms with Crippen LogP contribution >= 0.6 is 17.0 Å². The molecule has 0 heterocycles. The monoisotopic (exact) mass is 771 g/mol. The zero-order valence-electron chi connectivity index (χ0n) is 30.3. The van der Waals surface area contributed by atoms with Crippen molar-refractivity contribution in [2.45, 2.75) is 111 Å². The predicted octanol–water partition coefficient (Wildman–Crippen LogP) is 13.6. The third-order valence-corrected chi connectivity index (χ3v) is 66.2. The van der Waals surface area contributed by atoms with Crippen LogP contribution in [0.3, 0.4) is 0 Å². The molecule has 253 valence electrons. The van der Waals surface area contributed by atoms with Gasteiger partial charge in [0.25, 0.3) is 0 Å². The number of hydrogen-bond acceptors (Lipinski definition) is 0. The van der Waals surface area contributed by atoms with E-state index in [9.17, 15) is 0 Å². The summed E-state index contributed by atoms with van der Waals surface area (Å²) < 4.78 is 0.288. The molecule has 4 saturated carbocycles. The number of benzene rings is 3. The van der Waals surface area contributed by atoms with Crippen molar-refractivity contribution in [3.05, 3.63) is 105 Å². The van der Waals surface area contributed by atoms with E-state index >= 15 is 0 Å². The van der Waals surface area contributed by atoms with Crippen LogP contribution in [-0.2, 0) is 21.0 Å². The van der Waals surface area contributed by atoms with Crippen molar-refractivity contribution in [3.63, 3.8) is 0 Å². The first-order valence-electron chi connectivity index (χ1n) is 19.2. The molecule has 3 atom stereocenters. The number of rotatable bonds is 8. The van der Waals surface area contributed by atoms with Gasteiger partial charge in [0.15, 0.2) is 0 Å². The van der Waals surface area contributed by atoms with Gasteiger partial charge < -0.3 is 0 Å². The molecular weight excluding hydrogens is 719 g/mol. The first kappa shape index (κ1) is 33.9. The standard InChI is InChI=1S/C26H27.C16H21.C2H7Si.2ClH.Zr/c1-17-9-22-3-2-4-24(25(22)10-17)21-5-7-23(8-6-21)26-14-18-11-19(15-26)13-20(12-18)16-26;1-5-12(4)15-8-6-7-13-9-14(11(2)3)10-16(13)15;1-3-2;;;/h2-10,18-20H,11-16H2,1H3;6-12H,5H2,1-4H3;3H,1-2H3;2*1H;/q;;;;;+2/p-2. The number of hydrogen-bond donors (Lipinski definition) is 0. The Morgan fingerprint density at radius 1 is 0.771 bits per heavy atom. The Morgan fingerprint density at radius 2 is 1.35 bits per heavy atom. The van der Waals surface area contributed by atoms with E-state index in [-0.39, 0.29) is 7.25 Å². The summed E-state index contributed by atoms with van der Waals surface area (Å²) in [6, 6.07) is 23.9. The summed E-state index contributed by atoms with van der Waals surface area (Å²) in [4.78, 5) is 0. The molecule has 0 nitrogen and oxygen atoms in total. The molecule has 0 radical (unpaired) electrons. The van der Waals surface area contributed by atoms with Gasteiger partial charge >= 0.3 is 302 Å². The minimum absolute atomic E-state index is 0.132. The molecule has 0 amide bonds. The fourth-order valence-corrected chi connectivity index (χ4v) is 44.3. The van der Waals surface area contributed by atoms with Crippen LogP contribution in [-0.4, -0.2) is 5.92 Å². The summed E-state index contributed by atoms with van der Waals surface area (Å²) in [5.74, 6) is 2.23. The summed E-state index contributed by atoms with van der Waals surface area (Å²) >= 11 is -4.73. The third-order valence-electron chi connectivity index (χ3n) is 14.3. The van der Waals surface area contributed by atoms with Crippen molar-refractivity contribution in [1.82, 2.24) is 0 Å². The normalized spacial score (nSPS) is 30.2. The van der Waals surface area contributed by atoms with Crippen LogP contribution in [0.5, 0.6) is 0 Å². The molecule has 0 saturated heterocycles. The summed E-state index contributed by atoms with van der Waals surface area (Å²) in [6.45, 7) is 16.7. The summed E-state index contributed by atoms with van der Waals surface area (Å²) in [5.41, 5.74) is 14.6. The van der Waals surface area contributed by atoms with Crippen LogP contribution < -0.4 is 0 Å². The maximum atomic E-state index is 8.62. The van der Waals surface area contributed by atoms with E-state index in [0.717, 1.165) is 24.2 Å². The van der Waals surface area contributed by atoms with E-state index in [2.05, 4.69) is 121 Å². The molecule has 4 bridgehead atoms. The molecular formula is C44H55Cl2SiZr. The Balaban J connectivity index is 1.21. The Morgan fingerprint density at radius 3 is 1.92 bits per heavy atom. The predicted molar refractivity (Wildman–Crippen MR) is 209 cm³/mol. The molecule has 0 aliphatic heterocycles. The molecule has 3 unspecified atom stereocenters. The van der Waals surface area contributed by atoms with Crippen molar-refractivity contribution >= 4 is 35.1 Å². The fraction of sp³-hybridized carbons (Fsp3) is 0.500. The molecule has 0 aromatic heterocycles. The van der Waals surface area contributed by atoms with Crippen molar-refractivity contribution < 1.29 is 15.6 Å². The summed E-state index contributed by atoms with van der Waals surface area (Å²) in [6.07, 6.45) is 14.9. The molecule has 6 aliphatic rings. The van der Waals surface area contributed by atoms with E-state index < -0.39 is 21.5 Å². The van der Waals surface area contributed by atoms with Crippen molar-refractivity contribution in [2.75, 3.05) is 0 Å². The molecule has 0 N–H and O–H groups in total. The van der Waals surface area contributed by atoms with Crippen LogP contribution in [0.1, 0.15) is 126 Å². The topological polar surface area (TPSA) is 0 Å². The molecule has 48 heavy (non-hydrogen) atoms. The van der Waals surface area contributed by atoms with Crippen LogP contribution in [0, 0.1) is 23.7 Å². The number of allylic oxidation sites excluding steroid dienone is 2. The Kier molecular flexibility index (Phi) is 8.44. The molecule has 4 heteroatoms. The molecule has 6 aliphatic carbocycles. The van der Waals surface area contributed by atoms with Gasteiger partial charge in [0.2, 0.25) is 0 Å². The summed E-state index contributed by atoms with van der Waals surface area (Å²) in [5, 5.41) is 0. The van der Waals surface area contributed by atoms with Gasteiger partial charge in [0, 0.05) is 0 Å². The van der Waals surface area contributed by atoms with Crippen LogP contribution in [0.25, 0.3) is 23.3 Å². The molecule has 3 aromatic carbocycles. The summed E-state index contributed by atoms with van der Waals surface area (Å²) in [7, 11) is 17.2. The number of halogens is 2. The first-order valence-corrected chi connectivity index (χ1v) is 35.5. The van der Waals surface area contributed by atoms with Crippen molar-refractivity contribution in [3.8, 4) is 11.1 Å². The van der Waals surface area contributed by atoms with E-state index in [0.29, 0.717) is 17.3 Å². The third kappa shape index (κ3) is 4.95. The van der Waals surface area contributed by atoms with Gasteiger partial charge in [-0.05, 0) is 0 Å². The van der Waals surface area contributed by atoms with E-state index in [4.69, 9.17) is 17.0 Å². The van der Waals surface area contributed by atoms with Crippen molar-refractivity contribution in [1.29, 1.82) is 0 Å². The maximum absolute atomic E-state index is 8.62. The van der Waals surface area contributed by atoms with Gasteiger partial charge in [-0.15, -0.1) is 0 Å². The quantitative estimate of drug-likeness (QED) is 0.200. The Hall–Kier alpha value is -1.18. The second kappa shape index (κ2) is 11.9. The zero-order valence-corrected chi connectivity index (χ0v) is 35.4. The van der Waals surface area contributed by atoms with Gasteiger partial charge in [0.1, 0.15) is 0 Å². The second-order valence-corrected chi connectivity index (χ2v) is 60.2. The Bertz CT molecular complexity index is 1790. The van der Waals surface area contributed by atoms with Gasteiger partial charge in [-0.3, -0.25) is 0 Å². The molecule has 4 fully saturated rings. The second-order valence-electron chi connectivity index (χ2n) is 17.7. The van der Waals surface area contributed by atoms with Gasteiger partial charge in [-0.2, -0.15) is 0 Å². The van der Waals surface area contributed by atoms with E-state index in [1.807, 2.05) is 0 Å². The molecule has 9 rings (SSSR count). The van der Waals surface area contributed by atoms with Crippen LogP contribution in [0.15, 0.2) is 71.8 Å². The van der Waals surface area contributed by atoms with Gasteiger partial charge in [-0.1, -0.05) is 0 Å². The SMILES string of the molecule is CCC(C)c1cccc2c1C=C(C(C)C)[CH]2[Zr]([Cl])([Cl])([CH]1C(C)=Cc2c(-c3ccc(C45CC6CC(CC(C6)C4)C5)cc3)cccc21)[SiH](C)C. The van der Waals surface area contributed by atoms with E-state index in [1.54, 1.807) is 5.56 Å². The van der Waals surface area contributed by atoms with Crippen LogP contribution in [0.4, 0.5) is 0 Å². The first-order chi connectivity index (χ1) is 22.8. The zero-order chi connectivity index (χ0) is 33.8. The fourth-order valence-electron chi connectivity index (χ4n) is 12.1. The average molecular weight is 774 g/mol. The molecule has 0 spiro atoms. The Labute approximate surface area is 299 Å². The van der Waals surface area contributed by atoms with Crippen LogP contribution in [0.2, 0.25) is 13.1 Å².